The van der Waals surface area contributed by atoms with E-state index in [4.69, 9.17) is 0 Å². The first-order valence-corrected chi connectivity index (χ1v) is 12.6. The third kappa shape index (κ3) is 8.29. The number of fused-ring (bicyclic) bond motifs is 1. The molecule has 0 fully saturated rings. The molecule has 0 aliphatic heterocycles. The van der Waals surface area contributed by atoms with Crippen molar-refractivity contribution in [3.8, 4) is 0 Å². The highest BCUT2D eigenvalue weighted by Gasteiger charge is 2.14. The molecule has 2 nitrogen and oxygen atoms in total. The van der Waals surface area contributed by atoms with Crippen molar-refractivity contribution in [3.63, 3.8) is 0 Å². The predicted molar refractivity (Wildman–Crippen MR) is 121 cm³/mol. The van der Waals surface area contributed by atoms with Crippen molar-refractivity contribution in [1.29, 1.82) is 0 Å². The van der Waals surface area contributed by atoms with Gasteiger partial charge in [-0.15, -0.1) is 11.8 Å². The molecule has 0 aliphatic rings. The van der Waals surface area contributed by atoms with Gasteiger partial charge < -0.3 is 0 Å². The number of aromatic nitrogens is 2. The fraction of sp³-hybridized carbons (Fsp3) is 0.708. The molecule has 2 aromatic rings. The molecule has 0 atom stereocenters. The summed E-state index contributed by atoms with van der Waals surface area (Å²) in [5, 5.41) is 0. The second-order valence-electron chi connectivity index (χ2n) is 7.84. The highest BCUT2D eigenvalue weighted by Crippen LogP contribution is 2.15. The van der Waals surface area contributed by atoms with Crippen LogP contribution in [0.15, 0.2) is 30.6 Å². The van der Waals surface area contributed by atoms with Gasteiger partial charge in [0.05, 0.1) is 6.54 Å². The molecule has 3 heteroatoms. The maximum absolute atomic E-state index is 2.47. The lowest BCUT2D eigenvalue weighted by molar-refractivity contribution is -0.650. The Morgan fingerprint density at radius 2 is 1.41 bits per heavy atom. The number of rotatable bonds is 16. The fourth-order valence-electron chi connectivity index (χ4n) is 3.73. The van der Waals surface area contributed by atoms with E-state index in [2.05, 4.69) is 65.3 Å². The molecule has 1 aromatic heterocycles. The summed E-state index contributed by atoms with van der Waals surface area (Å²) >= 11 is 2.09. The quantitative estimate of drug-likeness (QED) is 0.215. The summed E-state index contributed by atoms with van der Waals surface area (Å²) in [7, 11) is 0. The van der Waals surface area contributed by atoms with Crippen LogP contribution in [-0.4, -0.2) is 10.3 Å². The van der Waals surface area contributed by atoms with Crippen LogP contribution in [0.4, 0.5) is 0 Å². The van der Waals surface area contributed by atoms with Gasteiger partial charge in [-0.2, -0.15) is 0 Å². The largest absolute Gasteiger partial charge is 0.245 e. The lowest BCUT2D eigenvalue weighted by Crippen LogP contribution is -2.30. The molecular formula is C24H41N2S+. The summed E-state index contributed by atoms with van der Waals surface area (Å²) in [4.78, 5) is 0. The minimum atomic E-state index is 1.08. The SMILES string of the molecule is CCCCCCCCSC[n+]1cn(CCCCCCCC)c2ccccc21. The molecule has 0 amide bonds. The first kappa shape index (κ1) is 22.3. The Hall–Kier alpha value is -0.960. The van der Waals surface area contributed by atoms with E-state index in [1.807, 2.05) is 0 Å². The third-order valence-electron chi connectivity index (χ3n) is 5.40. The molecule has 0 aliphatic carbocycles. The Kier molecular flexibility index (Phi) is 11.7. The van der Waals surface area contributed by atoms with Gasteiger partial charge >= 0.3 is 0 Å². The van der Waals surface area contributed by atoms with Crippen LogP contribution in [0.1, 0.15) is 90.9 Å². The third-order valence-corrected chi connectivity index (χ3v) is 6.44. The first-order chi connectivity index (χ1) is 13.4. The second kappa shape index (κ2) is 14.1. The highest BCUT2D eigenvalue weighted by molar-refractivity contribution is 7.98. The summed E-state index contributed by atoms with van der Waals surface area (Å²) in [6.45, 7) is 5.73. The van der Waals surface area contributed by atoms with Gasteiger partial charge in [0.1, 0.15) is 5.88 Å². The number of nitrogens with zero attached hydrogens (tertiary/aromatic N) is 2. The summed E-state index contributed by atoms with van der Waals surface area (Å²) < 4.78 is 4.93. The van der Waals surface area contributed by atoms with Gasteiger partial charge in [0.25, 0.3) is 0 Å². The van der Waals surface area contributed by atoms with E-state index in [1.54, 1.807) is 0 Å². The van der Waals surface area contributed by atoms with Gasteiger partial charge in [0.15, 0.2) is 11.0 Å². The number of imidazole rings is 1. The molecule has 0 bridgehead atoms. The number of aryl methyl sites for hydroxylation is 1. The Labute approximate surface area is 171 Å². The highest BCUT2D eigenvalue weighted by atomic mass is 32.2. The van der Waals surface area contributed by atoms with Crippen molar-refractivity contribution in [2.45, 2.75) is 103 Å². The molecule has 1 heterocycles. The standard InChI is InChI=1S/C24H41N2S/c1-3-5-7-9-11-15-19-25-21-26(24-18-14-13-17-23(24)25)22-27-20-16-12-10-8-6-4-2/h13-14,17-18,21H,3-12,15-16,19-20,22H2,1-2H3/q+1. The van der Waals surface area contributed by atoms with E-state index in [0.717, 1.165) is 12.4 Å². The minimum Gasteiger partial charge on any atom is -0.230 e. The number of para-hydroxylation sites is 2. The van der Waals surface area contributed by atoms with E-state index in [1.165, 1.54) is 93.8 Å². The molecule has 152 valence electrons. The monoisotopic (exact) mass is 389 g/mol. The Bertz CT molecular complexity index is 620. The normalized spacial score (nSPS) is 11.5. The van der Waals surface area contributed by atoms with Crippen molar-refractivity contribution in [2.75, 3.05) is 5.75 Å². The molecule has 0 radical (unpaired) electrons. The molecule has 0 N–H and O–H groups in total. The van der Waals surface area contributed by atoms with Crippen molar-refractivity contribution < 1.29 is 4.57 Å². The van der Waals surface area contributed by atoms with Crippen LogP contribution in [0.2, 0.25) is 0 Å². The van der Waals surface area contributed by atoms with Crippen LogP contribution in [-0.2, 0) is 12.4 Å². The number of thioether (sulfide) groups is 1. The Morgan fingerprint density at radius 3 is 2.15 bits per heavy atom. The van der Waals surface area contributed by atoms with E-state index in [-0.39, 0.29) is 0 Å². The molecule has 2 rings (SSSR count). The van der Waals surface area contributed by atoms with Gasteiger partial charge in [0, 0.05) is 0 Å². The van der Waals surface area contributed by atoms with Gasteiger partial charge in [-0.1, -0.05) is 83.8 Å². The van der Waals surface area contributed by atoms with Crippen LogP contribution < -0.4 is 4.57 Å². The minimum absolute atomic E-state index is 1.08. The molecular weight excluding hydrogens is 348 g/mol. The number of hydrogen-bond donors (Lipinski definition) is 0. The average Bonchev–Trinajstić information content (AvgIpc) is 3.05. The Balaban J connectivity index is 1.76. The fourth-order valence-corrected chi connectivity index (χ4v) is 4.67. The van der Waals surface area contributed by atoms with Crippen LogP contribution in [0.25, 0.3) is 11.0 Å². The lowest BCUT2D eigenvalue weighted by atomic mass is 10.1. The summed E-state index contributed by atoms with van der Waals surface area (Å²) in [6.07, 6.45) is 18.9. The smallest absolute Gasteiger partial charge is 0.230 e. The van der Waals surface area contributed by atoms with Crippen molar-refractivity contribution in [1.82, 2.24) is 4.57 Å². The van der Waals surface area contributed by atoms with Gasteiger partial charge in [-0.3, -0.25) is 0 Å². The predicted octanol–water partition coefficient (Wildman–Crippen LogP) is 7.34. The van der Waals surface area contributed by atoms with E-state index in [0.29, 0.717) is 0 Å². The average molecular weight is 390 g/mol. The lowest BCUT2D eigenvalue weighted by Gasteiger charge is -2.01. The molecule has 0 unspecified atom stereocenters. The summed E-state index contributed by atoms with van der Waals surface area (Å²) in [6, 6.07) is 8.90. The van der Waals surface area contributed by atoms with Crippen LogP contribution >= 0.6 is 11.8 Å². The molecule has 0 saturated heterocycles. The zero-order valence-corrected chi connectivity index (χ0v) is 18.6. The van der Waals surface area contributed by atoms with E-state index < -0.39 is 0 Å². The van der Waals surface area contributed by atoms with Crippen molar-refractivity contribution >= 4 is 22.8 Å². The Morgan fingerprint density at radius 1 is 0.778 bits per heavy atom. The van der Waals surface area contributed by atoms with E-state index >= 15 is 0 Å². The van der Waals surface area contributed by atoms with Gasteiger partial charge in [-0.05, 0) is 37.1 Å². The van der Waals surface area contributed by atoms with Crippen LogP contribution in [0, 0.1) is 0 Å². The maximum Gasteiger partial charge on any atom is 0.245 e. The zero-order chi connectivity index (χ0) is 19.2. The summed E-state index contributed by atoms with van der Waals surface area (Å²) in [5.41, 5.74) is 2.78. The maximum atomic E-state index is 2.47. The molecule has 27 heavy (non-hydrogen) atoms. The van der Waals surface area contributed by atoms with Crippen LogP contribution in [0.3, 0.4) is 0 Å². The van der Waals surface area contributed by atoms with Gasteiger partial charge in [-0.25, -0.2) is 9.13 Å². The topological polar surface area (TPSA) is 8.81 Å². The molecule has 0 saturated carbocycles. The van der Waals surface area contributed by atoms with Gasteiger partial charge in [0.2, 0.25) is 6.33 Å². The van der Waals surface area contributed by atoms with Crippen LogP contribution in [0.5, 0.6) is 0 Å². The van der Waals surface area contributed by atoms with Crippen molar-refractivity contribution in [2.24, 2.45) is 0 Å². The van der Waals surface area contributed by atoms with E-state index in [9.17, 15) is 0 Å². The number of unbranched alkanes of at least 4 members (excludes halogenated alkanes) is 10. The summed E-state index contributed by atoms with van der Waals surface area (Å²) in [5.74, 6) is 2.37. The molecule has 1 aromatic carbocycles. The zero-order valence-electron chi connectivity index (χ0n) is 17.8. The number of hydrogen-bond acceptors (Lipinski definition) is 1. The van der Waals surface area contributed by atoms with Crippen molar-refractivity contribution in [3.05, 3.63) is 30.6 Å². The first-order valence-electron chi connectivity index (χ1n) is 11.4. The second-order valence-corrected chi connectivity index (χ2v) is 8.91. The molecule has 0 spiro atoms. The number of benzene rings is 1.